The molecule has 186 valence electrons. The Bertz CT molecular complexity index is 1210. The summed E-state index contributed by atoms with van der Waals surface area (Å²) in [5, 5.41) is 8.61. The van der Waals surface area contributed by atoms with Gasteiger partial charge in [0.1, 0.15) is 12.1 Å². The average molecular weight is 487 g/mol. The molecule has 5 N–H and O–H groups in total. The van der Waals surface area contributed by atoms with E-state index in [0.29, 0.717) is 11.3 Å². The maximum atomic E-state index is 13.2. The number of benzene rings is 3. The molecule has 0 spiro atoms. The number of ketones is 1. The molecule has 0 fully saturated rings. The van der Waals surface area contributed by atoms with Crippen LogP contribution < -0.4 is 21.7 Å². The Hall–Kier alpha value is -4.46. The summed E-state index contributed by atoms with van der Waals surface area (Å²) in [5.41, 5.74) is 7.72. The second kappa shape index (κ2) is 12.3. The van der Waals surface area contributed by atoms with E-state index < -0.39 is 35.6 Å². The van der Waals surface area contributed by atoms with Crippen molar-refractivity contribution in [2.45, 2.75) is 32.4 Å². The van der Waals surface area contributed by atoms with Crippen LogP contribution in [0.5, 0.6) is 0 Å². The molecule has 3 rings (SSSR count). The topological polar surface area (TPSA) is 130 Å². The molecule has 3 aromatic rings. The lowest BCUT2D eigenvalue weighted by atomic mass is 9.98. The standard InChI is InChI=1S/C28H30N4O4/c1-18(2)24(28(36)31-23(25(33)26(29)34)17-19-11-5-3-6-12-19)32-27(35)21-15-9-10-16-22(21)30-20-13-7-4-8-14-20/h3-16,18,23-24,30H,17H2,1-2H3,(H2,29,34)(H,31,36)(H,32,35)/t23-,24-/m0/s1. The van der Waals surface area contributed by atoms with E-state index in [1.807, 2.05) is 36.4 Å². The van der Waals surface area contributed by atoms with Gasteiger partial charge in [0.15, 0.2) is 0 Å². The van der Waals surface area contributed by atoms with Crippen molar-refractivity contribution in [1.29, 1.82) is 0 Å². The monoisotopic (exact) mass is 486 g/mol. The number of amides is 3. The Labute approximate surface area is 210 Å². The zero-order valence-corrected chi connectivity index (χ0v) is 20.2. The number of anilines is 2. The van der Waals surface area contributed by atoms with E-state index in [9.17, 15) is 19.2 Å². The zero-order valence-electron chi connectivity index (χ0n) is 20.2. The number of primary amides is 1. The van der Waals surface area contributed by atoms with Gasteiger partial charge in [0.05, 0.1) is 11.3 Å². The number of para-hydroxylation sites is 2. The summed E-state index contributed by atoms with van der Waals surface area (Å²) in [5.74, 6) is -3.38. The fourth-order valence-corrected chi connectivity index (χ4v) is 3.71. The highest BCUT2D eigenvalue weighted by molar-refractivity contribution is 6.38. The first-order valence-electron chi connectivity index (χ1n) is 11.7. The highest BCUT2D eigenvalue weighted by Crippen LogP contribution is 2.21. The number of nitrogens with two attached hydrogens (primary N) is 1. The molecule has 0 bridgehead atoms. The minimum absolute atomic E-state index is 0.0942. The number of hydrogen-bond acceptors (Lipinski definition) is 5. The third kappa shape index (κ3) is 7.02. The van der Waals surface area contributed by atoms with Gasteiger partial charge in [-0.05, 0) is 35.7 Å². The van der Waals surface area contributed by atoms with Crippen molar-refractivity contribution in [3.8, 4) is 0 Å². The quantitative estimate of drug-likeness (QED) is 0.310. The van der Waals surface area contributed by atoms with E-state index in [4.69, 9.17) is 5.73 Å². The number of hydrogen-bond donors (Lipinski definition) is 4. The summed E-state index contributed by atoms with van der Waals surface area (Å²) in [6.45, 7) is 3.56. The Morgan fingerprint density at radius 2 is 1.36 bits per heavy atom. The minimum Gasteiger partial charge on any atom is -0.363 e. The molecule has 0 aliphatic rings. The molecule has 36 heavy (non-hydrogen) atoms. The third-order valence-corrected chi connectivity index (χ3v) is 5.62. The highest BCUT2D eigenvalue weighted by Gasteiger charge is 2.31. The van der Waals surface area contributed by atoms with E-state index in [1.54, 1.807) is 62.4 Å². The second-order valence-electron chi connectivity index (χ2n) is 8.71. The van der Waals surface area contributed by atoms with Crippen LogP contribution in [0.15, 0.2) is 84.9 Å². The SMILES string of the molecule is CC(C)[C@H](NC(=O)c1ccccc1Nc1ccccc1)C(=O)N[C@@H](Cc1ccccc1)C(=O)C(N)=O. The first-order valence-corrected chi connectivity index (χ1v) is 11.7. The molecule has 0 aliphatic carbocycles. The van der Waals surface area contributed by atoms with Crippen LogP contribution in [0.2, 0.25) is 0 Å². The van der Waals surface area contributed by atoms with E-state index in [-0.39, 0.29) is 12.3 Å². The molecule has 0 aromatic heterocycles. The van der Waals surface area contributed by atoms with Crippen molar-refractivity contribution in [1.82, 2.24) is 10.6 Å². The van der Waals surface area contributed by atoms with Crippen LogP contribution >= 0.6 is 0 Å². The van der Waals surface area contributed by atoms with Gasteiger partial charge in [0.25, 0.3) is 11.8 Å². The van der Waals surface area contributed by atoms with Gasteiger partial charge in [-0.2, -0.15) is 0 Å². The predicted octanol–water partition coefficient (Wildman–Crippen LogP) is 2.97. The summed E-state index contributed by atoms with van der Waals surface area (Å²) >= 11 is 0. The molecule has 8 heteroatoms. The Morgan fingerprint density at radius 3 is 1.97 bits per heavy atom. The Balaban J connectivity index is 1.78. The molecule has 2 atom stereocenters. The van der Waals surface area contributed by atoms with Gasteiger partial charge in [-0.1, -0.05) is 74.5 Å². The number of Topliss-reactive ketones (excluding diaryl/α,β-unsaturated/α-hetero) is 1. The lowest BCUT2D eigenvalue weighted by Gasteiger charge is -2.25. The van der Waals surface area contributed by atoms with Crippen LogP contribution in [0.25, 0.3) is 0 Å². The number of carbonyl (C=O) groups excluding carboxylic acids is 4. The van der Waals surface area contributed by atoms with Gasteiger partial charge < -0.3 is 21.7 Å². The van der Waals surface area contributed by atoms with Crippen LogP contribution in [-0.2, 0) is 20.8 Å². The number of rotatable bonds is 11. The summed E-state index contributed by atoms with van der Waals surface area (Å²) < 4.78 is 0. The zero-order chi connectivity index (χ0) is 26.1. The predicted molar refractivity (Wildman–Crippen MR) is 139 cm³/mol. The Morgan fingerprint density at radius 1 is 0.778 bits per heavy atom. The summed E-state index contributed by atoms with van der Waals surface area (Å²) in [6, 6.07) is 23.2. The molecule has 3 aromatic carbocycles. The van der Waals surface area contributed by atoms with Gasteiger partial charge in [-0.25, -0.2) is 0 Å². The van der Waals surface area contributed by atoms with Crippen LogP contribution in [0.1, 0.15) is 29.8 Å². The highest BCUT2D eigenvalue weighted by atomic mass is 16.2. The summed E-state index contributed by atoms with van der Waals surface area (Å²) in [4.78, 5) is 50.5. The molecule has 3 amide bonds. The first-order chi connectivity index (χ1) is 17.3. The summed E-state index contributed by atoms with van der Waals surface area (Å²) in [7, 11) is 0. The van der Waals surface area contributed by atoms with Crippen molar-refractivity contribution in [3.05, 3.63) is 96.1 Å². The smallest absolute Gasteiger partial charge is 0.287 e. The van der Waals surface area contributed by atoms with Gasteiger partial charge >= 0.3 is 0 Å². The van der Waals surface area contributed by atoms with Crippen LogP contribution in [-0.4, -0.2) is 35.6 Å². The van der Waals surface area contributed by atoms with Gasteiger partial charge in [-0.15, -0.1) is 0 Å². The Kier molecular flexibility index (Phi) is 8.94. The molecular weight excluding hydrogens is 456 g/mol. The van der Waals surface area contributed by atoms with Gasteiger partial charge in [0, 0.05) is 12.1 Å². The van der Waals surface area contributed by atoms with E-state index >= 15 is 0 Å². The maximum Gasteiger partial charge on any atom is 0.287 e. The van der Waals surface area contributed by atoms with Crippen LogP contribution in [0.4, 0.5) is 11.4 Å². The maximum absolute atomic E-state index is 13.2. The van der Waals surface area contributed by atoms with Crippen LogP contribution in [0.3, 0.4) is 0 Å². The van der Waals surface area contributed by atoms with E-state index in [2.05, 4.69) is 16.0 Å². The van der Waals surface area contributed by atoms with Crippen molar-refractivity contribution < 1.29 is 19.2 Å². The molecule has 0 heterocycles. The van der Waals surface area contributed by atoms with Gasteiger partial charge in [0.2, 0.25) is 11.7 Å². The van der Waals surface area contributed by atoms with Crippen molar-refractivity contribution in [2.75, 3.05) is 5.32 Å². The van der Waals surface area contributed by atoms with Crippen molar-refractivity contribution >= 4 is 34.9 Å². The molecule has 0 radical (unpaired) electrons. The first kappa shape index (κ1) is 26.2. The van der Waals surface area contributed by atoms with Crippen molar-refractivity contribution in [3.63, 3.8) is 0 Å². The fraction of sp³-hybridized carbons (Fsp3) is 0.214. The molecule has 0 saturated carbocycles. The lowest BCUT2D eigenvalue weighted by molar-refractivity contribution is -0.138. The minimum atomic E-state index is -1.15. The molecule has 8 nitrogen and oxygen atoms in total. The van der Waals surface area contributed by atoms with E-state index in [1.165, 1.54) is 0 Å². The lowest BCUT2D eigenvalue weighted by Crippen LogP contribution is -2.55. The largest absolute Gasteiger partial charge is 0.363 e. The number of carbonyl (C=O) groups is 4. The molecular formula is C28H30N4O4. The molecule has 0 saturated heterocycles. The third-order valence-electron chi connectivity index (χ3n) is 5.62. The van der Waals surface area contributed by atoms with E-state index in [0.717, 1.165) is 11.3 Å². The summed E-state index contributed by atoms with van der Waals surface area (Å²) in [6.07, 6.45) is 0.0942. The average Bonchev–Trinajstić information content (AvgIpc) is 2.87. The second-order valence-corrected chi connectivity index (χ2v) is 8.71. The normalized spacial score (nSPS) is 12.3. The van der Waals surface area contributed by atoms with Crippen molar-refractivity contribution in [2.24, 2.45) is 11.7 Å². The molecule has 0 aliphatic heterocycles. The molecule has 0 unspecified atom stereocenters. The number of nitrogens with one attached hydrogen (secondary N) is 3. The fourth-order valence-electron chi connectivity index (χ4n) is 3.71. The van der Waals surface area contributed by atoms with Crippen LogP contribution in [0, 0.1) is 5.92 Å². The van der Waals surface area contributed by atoms with Gasteiger partial charge in [-0.3, -0.25) is 19.2 Å².